The number of nitrogens with one attached hydrogen (secondary N) is 1. The summed E-state index contributed by atoms with van der Waals surface area (Å²) in [5.74, 6) is 0.774. The molecule has 5 heteroatoms. The summed E-state index contributed by atoms with van der Waals surface area (Å²) in [6.07, 6.45) is 6.78. The van der Waals surface area contributed by atoms with E-state index < -0.39 is 5.41 Å². The third-order valence-electron chi connectivity index (χ3n) is 7.18. The number of fused-ring (bicyclic) bond motifs is 1. The number of rotatable bonds is 9. The number of amides is 1. The van der Waals surface area contributed by atoms with Crippen molar-refractivity contribution < 1.29 is 9.53 Å². The predicted octanol–water partition coefficient (Wildman–Crippen LogP) is 7.20. The second-order valence-corrected chi connectivity index (χ2v) is 9.82. The van der Waals surface area contributed by atoms with Crippen molar-refractivity contribution in [3.05, 3.63) is 84.3 Å². The number of unbranched alkanes of at least 4 members (excludes halogenated alkanes) is 1. The summed E-state index contributed by atoms with van der Waals surface area (Å²) in [5, 5.41) is 4.20. The van der Waals surface area contributed by atoms with Gasteiger partial charge in [0.25, 0.3) is 0 Å². The van der Waals surface area contributed by atoms with E-state index in [1.807, 2.05) is 61.7 Å². The van der Waals surface area contributed by atoms with Crippen molar-refractivity contribution in [3.63, 3.8) is 0 Å². The highest BCUT2D eigenvalue weighted by molar-refractivity contribution is 6.00. The summed E-state index contributed by atoms with van der Waals surface area (Å²) in [6, 6.07) is 20.2. The van der Waals surface area contributed by atoms with Gasteiger partial charge in [0.05, 0.1) is 24.2 Å². The van der Waals surface area contributed by atoms with Crippen molar-refractivity contribution >= 4 is 22.5 Å². The molecule has 0 aliphatic heterocycles. The van der Waals surface area contributed by atoms with Crippen LogP contribution in [0.3, 0.4) is 0 Å². The highest BCUT2D eigenvalue weighted by Crippen LogP contribution is 2.35. The van der Waals surface area contributed by atoms with Crippen molar-refractivity contribution in [2.24, 2.45) is 5.92 Å². The first kappa shape index (κ1) is 25.4. The monoisotopic (exact) mass is 481 g/mol. The summed E-state index contributed by atoms with van der Waals surface area (Å²) < 4.78 is 5.30. The van der Waals surface area contributed by atoms with Crippen LogP contribution in [0, 0.1) is 5.92 Å². The summed E-state index contributed by atoms with van der Waals surface area (Å²) in [5.41, 5.74) is 5.11. The normalized spacial score (nSPS) is 12.9. The Hall–Kier alpha value is -3.73. The summed E-state index contributed by atoms with van der Waals surface area (Å²) >= 11 is 0. The van der Waals surface area contributed by atoms with Crippen molar-refractivity contribution in [1.82, 2.24) is 9.97 Å². The summed E-state index contributed by atoms with van der Waals surface area (Å²) in [6.45, 7) is 8.37. The van der Waals surface area contributed by atoms with Gasteiger partial charge < -0.3 is 10.1 Å². The molecule has 2 aromatic heterocycles. The van der Waals surface area contributed by atoms with Crippen LogP contribution in [0.4, 0.5) is 5.69 Å². The molecule has 1 N–H and O–H groups in total. The molecule has 0 spiro atoms. The fraction of sp³-hybridized carbons (Fsp3) is 0.323. The molecule has 1 unspecified atom stereocenters. The topological polar surface area (TPSA) is 64.1 Å². The van der Waals surface area contributed by atoms with Gasteiger partial charge in [0, 0.05) is 28.5 Å². The zero-order valence-electron chi connectivity index (χ0n) is 21.8. The molecule has 0 fully saturated rings. The number of benzene rings is 2. The number of ether oxygens (including phenoxy) is 1. The van der Waals surface area contributed by atoms with Crippen LogP contribution in [0.25, 0.3) is 22.0 Å². The van der Waals surface area contributed by atoms with Crippen LogP contribution in [-0.4, -0.2) is 23.0 Å². The van der Waals surface area contributed by atoms with Crippen LogP contribution in [0.2, 0.25) is 0 Å². The van der Waals surface area contributed by atoms with Gasteiger partial charge >= 0.3 is 0 Å². The smallest absolute Gasteiger partial charge is 0.235 e. The minimum Gasteiger partial charge on any atom is -0.495 e. The Balaban J connectivity index is 1.57. The molecule has 0 radical (unpaired) electrons. The average molecular weight is 482 g/mol. The van der Waals surface area contributed by atoms with Gasteiger partial charge in [-0.15, -0.1) is 0 Å². The van der Waals surface area contributed by atoms with Gasteiger partial charge in [0.15, 0.2) is 0 Å². The molecule has 4 rings (SSSR count). The predicted molar refractivity (Wildman–Crippen MR) is 147 cm³/mol. The molecule has 4 aromatic rings. The molecule has 0 saturated heterocycles. The van der Waals surface area contributed by atoms with Gasteiger partial charge in [-0.05, 0) is 67.1 Å². The molecule has 186 valence electrons. The molecule has 0 aliphatic rings. The Morgan fingerprint density at radius 2 is 1.78 bits per heavy atom. The second-order valence-electron chi connectivity index (χ2n) is 9.82. The molecule has 36 heavy (non-hydrogen) atoms. The highest BCUT2D eigenvalue weighted by Gasteiger charge is 2.38. The van der Waals surface area contributed by atoms with E-state index in [1.54, 1.807) is 13.3 Å². The van der Waals surface area contributed by atoms with Crippen LogP contribution < -0.4 is 10.1 Å². The largest absolute Gasteiger partial charge is 0.495 e. The number of carbonyl (C=O) groups is 1. The van der Waals surface area contributed by atoms with Crippen LogP contribution in [0.1, 0.15) is 51.8 Å². The Bertz CT molecular complexity index is 1350. The molecule has 1 amide bonds. The lowest BCUT2D eigenvalue weighted by Crippen LogP contribution is -2.42. The number of anilines is 1. The molecule has 5 nitrogen and oxygen atoms in total. The maximum Gasteiger partial charge on any atom is 0.235 e. The number of carbonyl (C=O) groups excluding carboxylic acids is 1. The molecular formula is C31H35N3O2. The molecule has 2 aromatic carbocycles. The quantitative estimate of drug-likeness (QED) is 0.274. The summed E-state index contributed by atoms with van der Waals surface area (Å²) in [7, 11) is 1.63. The zero-order chi connectivity index (χ0) is 25.7. The molecule has 0 bridgehead atoms. The highest BCUT2D eigenvalue weighted by atomic mass is 16.5. The van der Waals surface area contributed by atoms with Gasteiger partial charge in [0.2, 0.25) is 5.91 Å². The Morgan fingerprint density at radius 1 is 1.00 bits per heavy atom. The molecule has 1 atom stereocenters. The minimum atomic E-state index is -0.706. The maximum atomic E-state index is 13.7. The van der Waals surface area contributed by atoms with E-state index in [2.05, 4.69) is 43.2 Å². The van der Waals surface area contributed by atoms with Crippen LogP contribution in [0.5, 0.6) is 5.75 Å². The zero-order valence-corrected chi connectivity index (χ0v) is 21.8. The van der Waals surface area contributed by atoms with Gasteiger partial charge in [-0.25, -0.2) is 0 Å². The summed E-state index contributed by atoms with van der Waals surface area (Å²) in [4.78, 5) is 22.7. The third kappa shape index (κ3) is 5.25. The Morgan fingerprint density at radius 3 is 2.47 bits per heavy atom. The van der Waals surface area contributed by atoms with Crippen LogP contribution in [0.15, 0.2) is 73.1 Å². The van der Waals surface area contributed by atoms with Gasteiger partial charge in [-0.1, -0.05) is 57.5 Å². The van der Waals surface area contributed by atoms with Gasteiger partial charge in [0.1, 0.15) is 5.75 Å². The number of pyridine rings is 2. The standard InChI is InChI=1S/C31H35N3O2/c1-6-7-8-26-14-11-23-17-27(15-16-29(23)33-26)34-30(35)31(4,21(2)3)25-12-9-22(10-13-25)24-18-28(36-5)20-32-19-24/h9-21H,6-8H2,1-5H3,(H,34,35). The van der Waals surface area contributed by atoms with E-state index in [0.29, 0.717) is 5.75 Å². The molecule has 2 heterocycles. The van der Waals surface area contributed by atoms with Gasteiger partial charge in [-0.3, -0.25) is 14.8 Å². The first-order chi connectivity index (χ1) is 17.3. The number of hydrogen-bond donors (Lipinski definition) is 1. The van der Waals surface area contributed by atoms with Crippen LogP contribution >= 0.6 is 0 Å². The fourth-order valence-electron chi connectivity index (χ4n) is 4.43. The Labute approximate surface area is 214 Å². The van der Waals surface area contributed by atoms with E-state index in [4.69, 9.17) is 9.72 Å². The Kier molecular flexibility index (Phi) is 7.68. The fourth-order valence-corrected chi connectivity index (χ4v) is 4.43. The first-order valence-corrected chi connectivity index (χ1v) is 12.7. The van der Waals surface area contributed by atoms with E-state index in [9.17, 15) is 4.79 Å². The van der Waals surface area contributed by atoms with Gasteiger partial charge in [-0.2, -0.15) is 0 Å². The minimum absolute atomic E-state index is 0.0276. The van der Waals surface area contributed by atoms with Crippen molar-refractivity contribution in [2.45, 2.75) is 52.4 Å². The lowest BCUT2D eigenvalue weighted by atomic mass is 9.72. The third-order valence-corrected chi connectivity index (χ3v) is 7.18. The molecule has 0 saturated carbocycles. The number of nitrogens with zero attached hydrogens (tertiary/aromatic N) is 2. The lowest BCUT2D eigenvalue weighted by molar-refractivity contribution is -0.122. The maximum absolute atomic E-state index is 13.7. The van der Waals surface area contributed by atoms with E-state index in [0.717, 1.165) is 58.2 Å². The average Bonchev–Trinajstić information content (AvgIpc) is 2.91. The molecule has 0 aliphatic carbocycles. The molecular weight excluding hydrogens is 446 g/mol. The van der Waals surface area contributed by atoms with E-state index in [-0.39, 0.29) is 11.8 Å². The lowest BCUT2D eigenvalue weighted by Gasteiger charge is -2.33. The second kappa shape index (κ2) is 10.9. The van der Waals surface area contributed by atoms with E-state index >= 15 is 0 Å². The van der Waals surface area contributed by atoms with Crippen molar-refractivity contribution in [1.29, 1.82) is 0 Å². The number of methoxy groups -OCH3 is 1. The number of aryl methyl sites for hydroxylation is 1. The number of aromatic nitrogens is 2. The SMILES string of the molecule is CCCCc1ccc2cc(NC(=O)C(C)(c3ccc(-c4cncc(OC)c4)cc3)C(C)C)ccc2n1. The van der Waals surface area contributed by atoms with E-state index in [1.165, 1.54) is 0 Å². The number of hydrogen-bond acceptors (Lipinski definition) is 4. The first-order valence-electron chi connectivity index (χ1n) is 12.7. The van der Waals surface area contributed by atoms with Crippen molar-refractivity contribution in [2.75, 3.05) is 12.4 Å². The van der Waals surface area contributed by atoms with Crippen LogP contribution in [-0.2, 0) is 16.6 Å². The van der Waals surface area contributed by atoms with Crippen molar-refractivity contribution in [3.8, 4) is 16.9 Å².